The molecule has 27 heavy (non-hydrogen) atoms. The van der Waals surface area contributed by atoms with Gasteiger partial charge in [-0.2, -0.15) is 0 Å². The smallest absolute Gasteiger partial charge is 0.227 e. The second-order valence-electron chi connectivity index (χ2n) is 5.97. The quantitative estimate of drug-likeness (QED) is 0.512. The standard InChI is InChI=1S/C21H18N4OS/c1-14-13-23-21(25-19(14)20-22-10-11-27-20)24-17-12-16(8-9-18(17)26-2)15-6-4-3-5-7-15/h3-13H,1-2H3,(H,23,24,25). The van der Waals surface area contributed by atoms with Crippen molar-refractivity contribution in [3.05, 3.63) is 71.9 Å². The molecule has 1 N–H and O–H groups in total. The monoisotopic (exact) mass is 374 g/mol. The van der Waals surface area contributed by atoms with Crippen molar-refractivity contribution < 1.29 is 4.74 Å². The molecule has 2 aromatic heterocycles. The van der Waals surface area contributed by atoms with Crippen molar-refractivity contribution in [2.75, 3.05) is 12.4 Å². The molecular weight excluding hydrogens is 356 g/mol. The number of benzene rings is 2. The Morgan fingerprint density at radius 3 is 2.59 bits per heavy atom. The van der Waals surface area contributed by atoms with Crippen LogP contribution in [-0.4, -0.2) is 22.1 Å². The minimum Gasteiger partial charge on any atom is -0.495 e. The van der Waals surface area contributed by atoms with Gasteiger partial charge >= 0.3 is 0 Å². The summed E-state index contributed by atoms with van der Waals surface area (Å²) in [6.45, 7) is 1.98. The zero-order valence-corrected chi connectivity index (χ0v) is 15.8. The summed E-state index contributed by atoms with van der Waals surface area (Å²) in [5.74, 6) is 1.24. The Bertz CT molecular complexity index is 1050. The molecule has 0 atom stereocenters. The van der Waals surface area contributed by atoms with Crippen molar-refractivity contribution in [2.24, 2.45) is 0 Å². The molecule has 4 rings (SSSR count). The number of rotatable bonds is 5. The first-order valence-corrected chi connectivity index (χ1v) is 9.36. The van der Waals surface area contributed by atoms with Crippen LogP contribution in [0.4, 0.5) is 11.6 Å². The second-order valence-corrected chi connectivity index (χ2v) is 6.86. The molecule has 5 nitrogen and oxygen atoms in total. The van der Waals surface area contributed by atoms with Gasteiger partial charge in [-0.05, 0) is 35.7 Å². The van der Waals surface area contributed by atoms with Crippen molar-refractivity contribution in [1.29, 1.82) is 0 Å². The topological polar surface area (TPSA) is 59.9 Å². The third-order valence-corrected chi connectivity index (χ3v) is 4.94. The van der Waals surface area contributed by atoms with E-state index in [2.05, 4.69) is 32.4 Å². The lowest BCUT2D eigenvalue weighted by molar-refractivity contribution is 0.417. The summed E-state index contributed by atoms with van der Waals surface area (Å²) in [5, 5.41) is 6.11. The summed E-state index contributed by atoms with van der Waals surface area (Å²) in [4.78, 5) is 13.4. The van der Waals surface area contributed by atoms with Crippen LogP contribution in [0.5, 0.6) is 5.75 Å². The summed E-state index contributed by atoms with van der Waals surface area (Å²) >= 11 is 1.56. The van der Waals surface area contributed by atoms with Crippen LogP contribution in [0.1, 0.15) is 5.56 Å². The number of aryl methyl sites for hydroxylation is 1. The Hall–Kier alpha value is -3.25. The number of hydrogen-bond acceptors (Lipinski definition) is 6. The van der Waals surface area contributed by atoms with Gasteiger partial charge in [0.1, 0.15) is 16.5 Å². The number of nitrogens with one attached hydrogen (secondary N) is 1. The molecule has 0 bridgehead atoms. The number of hydrogen-bond donors (Lipinski definition) is 1. The summed E-state index contributed by atoms with van der Waals surface area (Å²) in [6, 6.07) is 16.2. The lowest BCUT2D eigenvalue weighted by Crippen LogP contribution is -2.01. The van der Waals surface area contributed by atoms with Crippen LogP contribution < -0.4 is 10.1 Å². The molecule has 134 valence electrons. The van der Waals surface area contributed by atoms with Gasteiger partial charge in [-0.3, -0.25) is 0 Å². The van der Waals surface area contributed by atoms with Crippen LogP contribution in [0.3, 0.4) is 0 Å². The maximum absolute atomic E-state index is 5.51. The van der Waals surface area contributed by atoms with E-state index in [-0.39, 0.29) is 0 Å². The average Bonchev–Trinajstić information content (AvgIpc) is 3.25. The summed E-state index contributed by atoms with van der Waals surface area (Å²) in [6.07, 6.45) is 3.58. The number of methoxy groups -OCH3 is 1. The van der Waals surface area contributed by atoms with E-state index in [9.17, 15) is 0 Å². The molecule has 2 aromatic carbocycles. The highest BCUT2D eigenvalue weighted by Crippen LogP contribution is 2.32. The van der Waals surface area contributed by atoms with Gasteiger partial charge in [-0.1, -0.05) is 36.4 Å². The van der Waals surface area contributed by atoms with E-state index < -0.39 is 0 Å². The van der Waals surface area contributed by atoms with Crippen molar-refractivity contribution in [2.45, 2.75) is 6.92 Å². The number of anilines is 2. The van der Waals surface area contributed by atoms with Crippen LogP contribution in [0, 0.1) is 6.92 Å². The summed E-state index contributed by atoms with van der Waals surface area (Å²) < 4.78 is 5.51. The highest BCUT2D eigenvalue weighted by molar-refractivity contribution is 7.13. The third-order valence-electron chi connectivity index (χ3n) is 4.16. The van der Waals surface area contributed by atoms with Crippen molar-refractivity contribution in [3.8, 4) is 27.6 Å². The molecular formula is C21H18N4OS. The minimum absolute atomic E-state index is 0.509. The van der Waals surface area contributed by atoms with Crippen molar-refractivity contribution >= 4 is 23.0 Å². The first kappa shape index (κ1) is 17.2. The fourth-order valence-corrected chi connectivity index (χ4v) is 3.49. The highest BCUT2D eigenvalue weighted by atomic mass is 32.1. The van der Waals surface area contributed by atoms with Crippen LogP contribution in [0.25, 0.3) is 21.8 Å². The van der Waals surface area contributed by atoms with Gasteiger partial charge in [0.25, 0.3) is 0 Å². The van der Waals surface area contributed by atoms with Gasteiger partial charge in [-0.15, -0.1) is 11.3 Å². The normalized spacial score (nSPS) is 10.6. The molecule has 0 fully saturated rings. The molecule has 6 heteroatoms. The van der Waals surface area contributed by atoms with Crippen LogP contribution in [0.15, 0.2) is 66.3 Å². The van der Waals surface area contributed by atoms with E-state index >= 15 is 0 Å². The van der Waals surface area contributed by atoms with E-state index in [4.69, 9.17) is 4.74 Å². The van der Waals surface area contributed by atoms with Gasteiger partial charge in [0.2, 0.25) is 5.95 Å². The van der Waals surface area contributed by atoms with Crippen LogP contribution in [0.2, 0.25) is 0 Å². The van der Waals surface area contributed by atoms with Gasteiger partial charge in [0.05, 0.1) is 12.8 Å². The SMILES string of the molecule is COc1ccc(-c2ccccc2)cc1Nc1ncc(C)c(-c2nccs2)n1. The molecule has 4 aromatic rings. The van der Waals surface area contributed by atoms with E-state index in [1.54, 1.807) is 30.8 Å². The molecule has 0 spiro atoms. The second kappa shape index (κ2) is 7.55. The molecule has 0 aliphatic rings. The van der Waals surface area contributed by atoms with Crippen molar-refractivity contribution in [3.63, 3.8) is 0 Å². The Morgan fingerprint density at radius 1 is 1.00 bits per heavy atom. The zero-order chi connectivity index (χ0) is 18.6. The van der Waals surface area contributed by atoms with Gasteiger partial charge in [-0.25, -0.2) is 15.0 Å². The largest absolute Gasteiger partial charge is 0.495 e. The first-order chi connectivity index (χ1) is 13.2. The average molecular weight is 374 g/mol. The Kier molecular flexibility index (Phi) is 4.80. The fraction of sp³-hybridized carbons (Fsp3) is 0.0952. The summed E-state index contributed by atoms with van der Waals surface area (Å²) in [7, 11) is 1.65. The highest BCUT2D eigenvalue weighted by Gasteiger charge is 2.12. The molecule has 0 aliphatic heterocycles. The summed E-state index contributed by atoms with van der Waals surface area (Å²) in [5.41, 5.74) is 4.86. The maximum atomic E-state index is 5.51. The molecule has 0 saturated heterocycles. The fourth-order valence-electron chi connectivity index (χ4n) is 2.80. The predicted molar refractivity (Wildman–Crippen MR) is 110 cm³/mol. The molecule has 0 aliphatic carbocycles. The van der Waals surface area contributed by atoms with Gasteiger partial charge < -0.3 is 10.1 Å². The third kappa shape index (κ3) is 3.66. The minimum atomic E-state index is 0.509. The Morgan fingerprint density at radius 2 is 1.85 bits per heavy atom. The zero-order valence-electron chi connectivity index (χ0n) is 15.0. The number of thiazole rings is 1. The predicted octanol–water partition coefficient (Wildman–Crippen LogP) is 5.33. The van der Waals surface area contributed by atoms with Crippen molar-refractivity contribution in [1.82, 2.24) is 15.0 Å². The van der Waals surface area contributed by atoms with Gasteiger partial charge in [0.15, 0.2) is 0 Å². The number of ether oxygens (including phenoxy) is 1. The van der Waals surface area contributed by atoms with E-state index in [1.807, 2.05) is 48.7 Å². The van der Waals surface area contributed by atoms with Crippen LogP contribution >= 0.6 is 11.3 Å². The first-order valence-electron chi connectivity index (χ1n) is 8.48. The lowest BCUT2D eigenvalue weighted by atomic mass is 10.0. The molecule has 0 amide bonds. The van der Waals surface area contributed by atoms with E-state index in [0.29, 0.717) is 5.95 Å². The number of nitrogens with zero attached hydrogens (tertiary/aromatic N) is 3. The van der Waals surface area contributed by atoms with Gasteiger partial charge in [0, 0.05) is 17.8 Å². The molecule has 0 saturated carbocycles. The Balaban J connectivity index is 1.71. The molecule has 0 radical (unpaired) electrons. The van der Waals surface area contributed by atoms with E-state index in [1.165, 1.54) is 0 Å². The lowest BCUT2D eigenvalue weighted by Gasteiger charge is -2.13. The number of aromatic nitrogens is 3. The maximum Gasteiger partial charge on any atom is 0.227 e. The Labute approximate surface area is 161 Å². The molecule has 2 heterocycles. The van der Waals surface area contributed by atoms with E-state index in [0.717, 1.165) is 38.8 Å². The molecule has 0 unspecified atom stereocenters. The van der Waals surface area contributed by atoms with Crippen LogP contribution in [-0.2, 0) is 0 Å².